The number of para-hydroxylation sites is 2. The molecule has 1 aliphatic heterocycles. The van der Waals surface area contributed by atoms with E-state index in [0.29, 0.717) is 26.4 Å². The first-order chi connectivity index (χ1) is 11.7. The summed E-state index contributed by atoms with van der Waals surface area (Å²) in [5.74, 6) is 0.797. The van der Waals surface area contributed by atoms with E-state index in [9.17, 15) is 4.79 Å². The lowest BCUT2D eigenvalue weighted by atomic mass is 10.2. The maximum absolute atomic E-state index is 12.3. The summed E-state index contributed by atoms with van der Waals surface area (Å²) in [4.78, 5) is 17.0. The van der Waals surface area contributed by atoms with Gasteiger partial charge in [-0.2, -0.15) is 0 Å². The minimum absolute atomic E-state index is 0.0524. The number of ether oxygens (including phenoxy) is 2. The molecule has 2 heterocycles. The first-order valence-electron chi connectivity index (χ1n) is 8.65. The molecule has 0 bridgehead atoms. The number of fused-ring (bicyclic) bond motifs is 1. The van der Waals surface area contributed by atoms with Crippen LogP contribution in [0.5, 0.6) is 0 Å². The molecule has 6 nitrogen and oxygen atoms in total. The van der Waals surface area contributed by atoms with Gasteiger partial charge in [-0.15, -0.1) is 0 Å². The number of nitrogens with zero attached hydrogens (tertiary/aromatic N) is 2. The second kappa shape index (κ2) is 7.77. The summed E-state index contributed by atoms with van der Waals surface area (Å²) in [7, 11) is 0. The average Bonchev–Trinajstić information content (AvgIpc) is 3.23. The molecule has 0 radical (unpaired) electrons. The van der Waals surface area contributed by atoms with E-state index in [4.69, 9.17) is 14.5 Å². The molecule has 3 rings (SSSR count). The van der Waals surface area contributed by atoms with Crippen LogP contribution in [0.4, 0.5) is 0 Å². The van der Waals surface area contributed by atoms with Crippen LogP contribution >= 0.6 is 0 Å². The monoisotopic (exact) mass is 331 g/mol. The van der Waals surface area contributed by atoms with Gasteiger partial charge in [-0.3, -0.25) is 4.79 Å². The van der Waals surface area contributed by atoms with Crippen molar-refractivity contribution < 1.29 is 14.3 Å². The molecule has 24 heavy (non-hydrogen) atoms. The lowest BCUT2D eigenvalue weighted by Gasteiger charge is -2.18. The molecule has 1 saturated heterocycles. The molecule has 1 N–H and O–H groups in total. The molecular formula is C18H25N3O3. The molecule has 2 atom stereocenters. The van der Waals surface area contributed by atoms with E-state index in [1.165, 1.54) is 0 Å². The minimum Gasteiger partial charge on any atom is -0.380 e. The van der Waals surface area contributed by atoms with Gasteiger partial charge in [0, 0.05) is 19.8 Å². The van der Waals surface area contributed by atoms with E-state index >= 15 is 0 Å². The first-order valence-corrected chi connectivity index (χ1v) is 8.65. The molecule has 0 saturated carbocycles. The molecule has 130 valence electrons. The van der Waals surface area contributed by atoms with E-state index in [-0.39, 0.29) is 18.1 Å². The Balaban J connectivity index is 1.80. The summed E-state index contributed by atoms with van der Waals surface area (Å²) in [5.41, 5.74) is 1.99. The Hall–Kier alpha value is -1.92. The second-order valence-electron chi connectivity index (χ2n) is 6.04. The smallest absolute Gasteiger partial charge is 0.249 e. The lowest BCUT2D eigenvalue weighted by molar-refractivity contribution is -0.130. The van der Waals surface area contributed by atoms with Crippen LogP contribution in [0.25, 0.3) is 11.0 Å². The molecule has 1 fully saturated rings. The zero-order chi connectivity index (χ0) is 16.9. The van der Waals surface area contributed by atoms with Crippen molar-refractivity contribution in [3.05, 3.63) is 30.1 Å². The number of rotatable bonds is 7. The summed E-state index contributed by atoms with van der Waals surface area (Å²) in [6.07, 6.45) is 1.41. The predicted octanol–water partition coefficient (Wildman–Crippen LogP) is 2.43. The van der Waals surface area contributed by atoms with Crippen molar-refractivity contribution in [2.24, 2.45) is 0 Å². The molecule has 1 aromatic carbocycles. The van der Waals surface area contributed by atoms with E-state index in [0.717, 1.165) is 29.7 Å². The number of hydrogen-bond donors (Lipinski definition) is 1. The SMILES string of the molecule is CCOCCn1c(C(C)NC(=O)C2CCCO2)nc2ccccc21. The molecule has 2 aromatic rings. The van der Waals surface area contributed by atoms with Crippen LogP contribution < -0.4 is 5.32 Å². The van der Waals surface area contributed by atoms with E-state index in [2.05, 4.69) is 9.88 Å². The highest BCUT2D eigenvalue weighted by Crippen LogP contribution is 2.21. The number of carbonyl (C=O) groups is 1. The van der Waals surface area contributed by atoms with Gasteiger partial charge in [0.15, 0.2) is 0 Å². The minimum atomic E-state index is -0.325. The van der Waals surface area contributed by atoms with Crippen LogP contribution in [-0.2, 0) is 20.8 Å². The Morgan fingerprint density at radius 3 is 3.08 bits per heavy atom. The van der Waals surface area contributed by atoms with Crippen molar-refractivity contribution in [2.45, 2.75) is 45.4 Å². The van der Waals surface area contributed by atoms with Gasteiger partial charge in [0.2, 0.25) is 5.91 Å². The van der Waals surface area contributed by atoms with Crippen LogP contribution in [0, 0.1) is 0 Å². The van der Waals surface area contributed by atoms with Gasteiger partial charge >= 0.3 is 0 Å². The molecule has 0 spiro atoms. The summed E-state index contributed by atoms with van der Waals surface area (Å²) in [5, 5.41) is 3.04. The third-order valence-corrected chi connectivity index (χ3v) is 4.32. The number of nitrogens with one attached hydrogen (secondary N) is 1. The largest absolute Gasteiger partial charge is 0.380 e. The molecule has 0 aliphatic carbocycles. The third kappa shape index (κ3) is 3.60. The number of carbonyl (C=O) groups excluding carboxylic acids is 1. The number of hydrogen-bond acceptors (Lipinski definition) is 4. The van der Waals surface area contributed by atoms with Crippen LogP contribution in [0.3, 0.4) is 0 Å². The van der Waals surface area contributed by atoms with Crippen molar-refractivity contribution >= 4 is 16.9 Å². The standard InChI is InChI=1S/C18H25N3O3/c1-3-23-12-10-21-15-8-5-4-7-14(15)20-17(21)13(2)19-18(22)16-9-6-11-24-16/h4-5,7-8,13,16H,3,6,9-12H2,1-2H3,(H,19,22). The van der Waals surface area contributed by atoms with Gasteiger partial charge in [-0.25, -0.2) is 4.98 Å². The van der Waals surface area contributed by atoms with Crippen molar-refractivity contribution in [1.82, 2.24) is 14.9 Å². The van der Waals surface area contributed by atoms with E-state index in [1.807, 2.05) is 38.1 Å². The fraction of sp³-hybridized carbons (Fsp3) is 0.556. The average molecular weight is 331 g/mol. The predicted molar refractivity (Wildman–Crippen MR) is 91.8 cm³/mol. The topological polar surface area (TPSA) is 65.4 Å². The summed E-state index contributed by atoms with van der Waals surface area (Å²) < 4.78 is 13.1. The van der Waals surface area contributed by atoms with E-state index < -0.39 is 0 Å². The van der Waals surface area contributed by atoms with Crippen molar-refractivity contribution in [3.8, 4) is 0 Å². The normalized spacial score (nSPS) is 18.8. The Bertz CT molecular complexity index is 692. The van der Waals surface area contributed by atoms with Gasteiger partial charge in [0.25, 0.3) is 0 Å². The van der Waals surface area contributed by atoms with E-state index in [1.54, 1.807) is 0 Å². The van der Waals surface area contributed by atoms with Gasteiger partial charge in [0.1, 0.15) is 11.9 Å². The summed E-state index contributed by atoms with van der Waals surface area (Å²) in [6, 6.07) is 7.83. The molecular weight excluding hydrogens is 306 g/mol. The number of amides is 1. The van der Waals surface area contributed by atoms with Crippen molar-refractivity contribution in [3.63, 3.8) is 0 Å². The summed E-state index contributed by atoms with van der Waals surface area (Å²) in [6.45, 7) is 6.63. The maximum atomic E-state index is 12.3. The molecule has 1 aliphatic rings. The number of imidazole rings is 1. The van der Waals surface area contributed by atoms with Gasteiger partial charge < -0.3 is 19.4 Å². The van der Waals surface area contributed by atoms with Gasteiger partial charge in [0.05, 0.1) is 23.7 Å². The zero-order valence-corrected chi connectivity index (χ0v) is 14.3. The first kappa shape index (κ1) is 16.9. The fourth-order valence-corrected chi connectivity index (χ4v) is 3.12. The third-order valence-electron chi connectivity index (χ3n) is 4.32. The van der Waals surface area contributed by atoms with Crippen LogP contribution in [-0.4, -0.2) is 41.4 Å². The number of aromatic nitrogens is 2. The Kier molecular flexibility index (Phi) is 5.48. The molecule has 1 amide bonds. The zero-order valence-electron chi connectivity index (χ0n) is 14.3. The molecule has 1 aromatic heterocycles. The molecule has 6 heteroatoms. The highest BCUT2D eigenvalue weighted by molar-refractivity contribution is 5.81. The molecule has 2 unspecified atom stereocenters. The van der Waals surface area contributed by atoms with Crippen LogP contribution in [0.2, 0.25) is 0 Å². The quantitative estimate of drug-likeness (QED) is 0.792. The Morgan fingerprint density at radius 2 is 2.33 bits per heavy atom. The van der Waals surface area contributed by atoms with Gasteiger partial charge in [-0.05, 0) is 38.8 Å². The Morgan fingerprint density at radius 1 is 1.50 bits per heavy atom. The Labute approximate surface area is 142 Å². The van der Waals surface area contributed by atoms with Crippen molar-refractivity contribution in [2.75, 3.05) is 19.8 Å². The lowest BCUT2D eigenvalue weighted by Crippen LogP contribution is -2.36. The number of benzene rings is 1. The van der Waals surface area contributed by atoms with Crippen LogP contribution in [0.15, 0.2) is 24.3 Å². The van der Waals surface area contributed by atoms with Crippen molar-refractivity contribution in [1.29, 1.82) is 0 Å². The van der Waals surface area contributed by atoms with Crippen LogP contribution in [0.1, 0.15) is 38.6 Å². The van der Waals surface area contributed by atoms with Gasteiger partial charge in [-0.1, -0.05) is 12.1 Å². The summed E-state index contributed by atoms with van der Waals surface area (Å²) >= 11 is 0. The highest BCUT2D eigenvalue weighted by atomic mass is 16.5. The maximum Gasteiger partial charge on any atom is 0.249 e. The second-order valence-corrected chi connectivity index (χ2v) is 6.04. The highest BCUT2D eigenvalue weighted by Gasteiger charge is 2.26. The fourth-order valence-electron chi connectivity index (χ4n) is 3.12.